The van der Waals surface area contributed by atoms with Crippen LogP contribution in [-0.2, 0) is 11.3 Å². The van der Waals surface area contributed by atoms with Crippen molar-refractivity contribution in [3.63, 3.8) is 0 Å². The first-order valence-electron chi connectivity index (χ1n) is 8.49. The fourth-order valence-electron chi connectivity index (χ4n) is 2.46. The number of carbonyl (C=O) groups excluding carboxylic acids is 2. The van der Waals surface area contributed by atoms with E-state index < -0.39 is 5.82 Å². The Morgan fingerprint density at radius 2 is 1.92 bits per heavy atom. The lowest BCUT2D eigenvalue weighted by Gasteiger charge is -2.08. The third kappa shape index (κ3) is 5.67. The van der Waals surface area contributed by atoms with Crippen LogP contribution in [0.15, 0.2) is 42.5 Å². The van der Waals surface area contributed by atoms with Gasteiger partial charge in [0.1, 0.15) is 0 Å². The highest BCUT2D eigenvalue weighted by molar-refractivity contribution is 6.00. The van der Waals surface area contributed by atoms with Gasteiger partial charge in [0.25, 0.3) is 0 Å². The van der Waals surface area contributed by atoms with Gasteiger partial charge in [0.2, 0.25) is 5.91 Å². The summed E-state index contributed by atoms with van der Waals surface area (Å²) in [5, 5.41) is 6.00. The largest absolute Gasteiger partial charge is 0.494 e. The van der Waals surface area contributed by atoms with Gasteiger partial charge in [-0.2, -0.15) is 0 Å². The molecule has 0 unspecified atom stereocenters. The molecule has 0 spiro atoms. The van der Waals surface area contributed by atoms with Crippen LogP contribution >= 0.6 is 0 Å². The molecular formula is C20H23FN2O3. The van der Waals surface area contributed by atoms with Crippen molar-refractivity contribution in [2.75, 3.05) is 19.0 Å². The molecule has 0 heterocycles. The van der Waals surface area contributed by atoms with Crippen LogP contribution in [0.4, 0.5) is 10.1 Å². The molecule has 0 aliphatic heterocycles. The zero-order chi connectivity index (χ0) is 18.9. The highest BCUT2D eigenvalue weighted by atomic mass is 19.1. The Balaban J connectivity index is 1.88. The van der Waals surface area contributed by atoms with E-state index in [2.05, 4.69) is 10.6 Å². The maximum absolute atomic E-state index is 13.7. The molecule has 0 fully saturated rings. The molecule has 26 heavy (non-hydrogen) atoms. The molecule has 1 amide bonds. The molecule has 0 atom stereocenters. The van der Waals surface area contributed by atoms with E-state index in [1.165, 1.54) is 19.2 Å². The summed E-state index contributed by atoms with van der Waals surface area (Å²) in [6.07, 6.45) is 0.0403. The molecular weight excluding hydrogens is 335 g/mol. The smallest absolute Gasteiger partial charge is 0.224 e. The van der Waals surface area contributed by atoms with Gasteiger partial charge < -0.3 is 15.4 Å². The van der Waals surface area contributed by atoms with E-state index in [4.69, 9.17) is 4.74 Å². The zero-order valence-electron chi connectivity index (χ0n) is 15.0. The van der Waals surface area contributed by atoms with Crippen molar-refractivity contribution < 1.29 is 18.7 Å². The second kappa shape index (κ2) is 9.68. The lowest BCUT2D eigenvalue weighted by atomic mass is 10.1. The maximum Gasteiger partial charge on any atom is 0.224 e. The molecule has 0 aliphatic rings. The first-order valence-corrected chi connectivity index (χ1v) is 8.49. The number of hydrogen-bond acceptors (Lipinski definition) is 4. The highest BCUT2D eigenvalue weighted by Gasteiger charge is 2.12. The minimum absolute atomic E-state index is 0.00861. The molecule has 0 radical (unpaired) electrons. The van der Waals surface area contributed by atoms with Gasteiger partial charge in [-0.25, -0.2) is 4.39 Å². The molecule has 6 heteroatoms. The second-order valence-electron chi connectivity index (χ2n) is 5.80. The fraction of sp³-hybridized carbons (Fsp3) is 0.300. The van der Waals surface area contributed by atoms with Crippen LogP contribution in [-0.4, -0.2) is 25.3 Å². The standard InChI is InChI=1S/C20H23FN2O3/c1-3-22-13-14-5-4-6-16(11-14)23-20(25)10-8-18(24)15-7-9-19(26-2)17(21)12-15/h4-7,9,11-12,22H,3,8,10,13H2,1-2H3,(H,23,25). The summed E-state index contributed by atoms with van der Waals surface area (Å²) >= 11 is 0. The summed E-state index contributed by atoms with van der Waals surface area (Å²) in [6.45, 7) is 3.61. The number of hydrogen-bond donors (Lipinski definition) is 2. The Morgan fingerprint density at radius 1 is 1.12 bits per heavy atom. The average Bonchev–Trinajstić information content (AvgIpc) is 2.64. The number of carbonyl (C=O) groups is 2. The first-order chi connectivity index (χ1) is 12.5. The van der Waals surface area contributed by atoms with Crippen molar-refractivity contribution in [3.05, 3.63) is 59.4 Å². The van der Waals surface area contributed by atoms with Crippen LogP contribution < -0.4 is 15.4 Å². The molecule has 0 aromatic heterocycles. The number of nitrogens with one attached hydrogen (secondary N) is 2. The molecule has 138 valence electrons. The predicted molar refractivity (Wildman–Crippen MR) is 99.0 cm³/mol. The number of rotatable bonds is 9. The van der Waals surface area contributed by atoms with E-state index in [0.29, 0.717) is 5.69 Å². The number of ether oxygens (including phenoxy) is 1. The summed E-state index contributed by atoms with van der Waals surface area (Å²) < 4.78 is 18.5. The van der Waals surface area contributed by atoms with Crippen molar-refractivity contribution in [1.29, 1.82) is 0 Å². The van der Waals surface area contributed by atoms with Gasteiger partial charge in [0.15, 0.2) is 17.3 Å². The maximum atomic E-state index is 13.7. The Kier molecular flexibility index (Phi) is 7.29. The summed E-state index contributed by atoms with van der Waals surface area (Å²) in [5.41, 5.74) is 1.98. The van der Waals surface area contributed by atoms with Crippen LogP contribution in [0.5, 0.6) is 5.75 Å². The third-order valence-electron chi connectivity index (χ3n) is 3.84. The van der Waals surface area contributed by atoms with E-state index in [1.807, 2.05) is 25.1 Å². The van der Waals surface area contributed by atoms with Gasteiger partial charge in [-0.05, 0) is 42.4 Å². The summed E-state index contributed by atoms with van der Waals surface area (Å²) in [6, 6.07) is 11.6. The summed E-state index contributed by atoms with van der Waals surface area (Å²) in [7, 11) is 1.36. The number of amides is 1. The van der Waals surface area contributed by atoms with Crippen LogP contribution in [0.25, 0.3) is 0 Å². The van der Waals surface area contributed by atoms with Gasteiger partial charge in [-0.3, -0.25) is 9.59 Å². The molecule has 2 rings (SSSR count). The Bertz CT molecular complexity index is 777. The molecule has 5 nitrogen and oxygen atoms in total. The second-order valence-corrected chi connectivity index (χ2v) is 5.80. The lowest BCUT2D eigenvalue weighted by molar-refractivity contribution is -0.116. The van der Waals surface area contributed by atoms with E-state index in [9.17, 15) is 14.0 Å². The number of ketones is 1. The van der Waals surface area contributed by atoms with Gasteiger partial charge in [0.05, 0.1) is 7.11 Å². The van der Waals surface area contributed by atoms with Crippen LogP contribution in [0.3, 0.4) is 0 Å². The van der Waals surface area contributed by atoms with Crippen molar-refractivity contribution in [1.82, 2.24) is 5.32 Å². The van der Waals surface area contributed by atoms with E-state index >= 15 is 0 Å². The number of Topliss-reactive ketones (excluding diaryl/α,β-unsaturated/α-hetero) is 1. The van der Waals surface area contributed by atoms with Gasteiger partial charge in [0, 0.05) is 30.6 Å². The average molecular weight is 358 g/mol. The Hall–Kier alpha value is -2.73. The first kappa shape index (κ1) is 19.6. The quantitative estimate of drug-likeness (QED) is 0.673. The molecule has 2 aromatic rings. The van der Waals surface area contributed by atoms with Crippen molar-refractivity contribution in [2.45, 2.75) is 26.3 Å². The van der Waals surface area contributed by atoms with Crippen LogP contribution in [0.1, 0.15) is 35.7 Å². The SMILES string of the molecule is CCNCc1cccc(NC(=O)CCC(=O)c2ccc(OC)c(F)c2)c1. The third-order valence-corrected chi connectivity index (χ3v) is 3.84. The van der Waals surface area contributed by atoms with Crippen LogP contribution in [0, 0.1) is 5.82 Å². The normalized spacial score (nSPS) is 10.4. The number of halogens is 1. The minimum atomic E-state index is -0.597. The Labute approximate surface area is 152 Å². The van der Waals surface area contributed by atoms with E-state index in [1.54, 1.807) is 6.07 Å². The zero-order valence-corrected chi connectivity index (χ0v) is 15.0. The molecule has 2 N–H and O–H groups in total. The summed E-state index contributed by atoms with van der Waals surface area (Å²) in [5.74, 6) is -1.06. The molecule has 0 saturated heterocycles. The molecule has 0 saturated carbocycles. The van der Waals surface area contributed by atoms with E-state index in [0.717, 1.165) is 24.7 Å². The predicted octanol–water partition coefficient (Wildman–Crippen LogP) is 3.55. The van der Waals surface area contributed by atoms with E-state index in [-0.39, 0.29) is 35.8 Å². The molecule has 0 bridgehead atoms. The number of methoxy groups -OCH3 is 1. The monoisotopic (exact) mass is 358 g/mol. The fourth-order valence-corrected chi connectivity index (χ4v) is 2.46. The van der Waals surface area contributed by atoms with Gasteiger partial charge >= 0.3 is 0 Å². The van der Waals surface area contributed by atoms with Gasteiger partial charge in [-0.1, -0.05) is 19.1 Å². The topological polar surface area (TPSA) is 67.4 Å². The lowest BCUT2D eigenvalue weighted by Crippen LogP contribution is -2.15. The highest BCUT2D eigenvalue weighted by Crippen LogP contribution is 2.19. The van der Waals surface area contributed by atoms with Crippen molar-refractivity contribution in [2.24, 2.45) is 0 Å². The van der Waals surface area contributed by atoms with Crippen molar-refractivity contribution >= 4 is 17.4 Å². The number of benzene rings is 2. The minimum Gasteiger partial charge on any atom is -0.494 e. The number of anilines is 1. The summed E-state index contributed by atoms with van der Waals surface area (Å²) in [4.78, 5) is 24.2. The molecule has 2 aromatic carbocycles. The molecule has 0 aliphatic carbocycles. The van der Waals surface area contributed by atoms with Crippen LogP contribution in [0.2, 0.25) is 0 Å². The Morgan fingerprint density at radius 3 is 2.62 bits per heavy atom. The van der Waals surface area contributed by atoms with Gasteiger partial charge in [-0.15, -0.1) is 0 Å². The van der Waals surface area contributed by atoms with Crippen molar-refractivity contribution in [3.8, 4) is 5.75 Å².